The van der Waals surface area contributed by atoms with Crippen molar-refractivity contribution in [3.63, 3.8) is 0 Å². The molecule has 0 amide bonds. The molecule has 2 rings (SSSR count). The summed E-state index contributed by atoms with van der Waals surface area (Å²) in [7, 11) is 0. The predicted octanol–water partition coefficient (Wildman–Crippen LogP) is 2.96. The number of rotatable bonds is 4. The Kier molecular flexibility index (Phi) is 3.43. The molecule has 5 heteroatoms. The summed E-state index contributed by atoms with van der Waals surface area (Å²) in [4.78, 5) is 19.4. The average molecular weight is 262 g/mol. The van der Waals surface area contributed by atoms with Gasteiger partial charge in [0, 0.05) is 28.8 Å². The second kappa shape index (κ2) is 4.86. The molecule has 0 aromatic carbocycles. The fourth-order valence-corrected chi connectivity index (χ4v) is 2.68. The summed E-state index contributed by atoms with van der Waals surface area (Å²) in [6.07, 6.45) is 3.54. The first-order valence-corrected chi connectivity index (χ1v) is 6.45. The largest absolute Gasteiger partial charge is 0.481 e. The van der Waals surface area contributed by atoms with Gasteiger partial charge in [-0.05, 0) is 12.1 Å². The minimum absolute atomic E-state index is 0.0726. The lowest BCUT2D eigenvalue weighted by atomic mass is 9.86. The molecule has 0 aliphatic carbocycles. The summed E-state index contributed by atoms with van der Waals surface area (Å²) in [5, 5.41) is 11.7. The maximum Gasteiger partial charge on any atom is 0.304 e. The number of hydrogen-bond acceptors (Lipinski definition) is 4. The Labute approximate surface area is 109 Å². The van der Waals surface area contributed by atoms with E-state index in [0.717, 1.165) is 16.3 Å². The number of carbonyl (C=O) groups is 1. The zero-order valence-electron chi connectivity index (χ0n) is 10.3. The van der Waals surface area contributed by atoms with Crippen molar-refractivity contribution < 1.29 is 9.90 Å². The molecule has 94 valence electrons. The van der Waals surface area contributed by atoms with E-state index in [1.807, 2.05) is 31.4 Å². The lowest BCUT2D eigenvalue weighted by Gasteiger charge is -2.19. The molecule has 0 bridgehead atoms. The van der Waals surface area contributed by atoms with E-state index in [1.54, 1.807) is 12.4 Å². The van der Waals surface area contributed by atoms with Crippen molar-refractivity contribution in [1.29, 1.82) is 0 Å². The molecular formula is C13H14N2O2S. The Bertz CT molecular complexity index is 549. The molecule has 0 atom stereocenters. The summed E-state index contributed by atoms with van der Waals surface area (Å²) in [5.74, 6) is -0.809. The topological polar surface area (TPSA) is 63.1 Å². The van der Waals surface area contributed by atoms with Gasteiger partial charge in [0.15, 0.2) is 0 Å². The Hall–Kier alpha value is -1.75. The van der Waals surface area contributed by atoms with Crippen LogP contribution in [-0.4, -0.2) is 21.0 Å². The van der Waals surface area contributed by atoms with Crippen LogP contribution in [-0.2, 0) is 10.2 Å². The highest BCUT2D eigenvalue weighted by Gasteiger charge is 2.27. The fourth-order valence-electron chi connectivity index (χ4n) is 1.68. The van der Waals surface area contributed by atoms with E-state index in [1.165, 1.54) is 11.3 Å². The van der Waals surface area contributed by atoms with Gasteiger partial charge in [0.25, 0.3) is 0 Å². The number of carboxylic acid groups (broad SMARTS) is 1. The lowest BCUT2D eigenvalue weighted by molar-refractivity contribution is -0.138. The first-order valence-electron chi connectivity index (χ1n) is 5.57. The van der Waals surface area contributed by atoms with Crippen molar-refractivity contribution in [3.8, 4) is 10.6 Å². The third-order valence-corrected chi connectivity index (χ3v) is 3.59. The van der Waals surface area contributed by atoms with Crippen molar-refractivity contribution in [2.24, 2.45) is 0 Å². The van der Waals surface area contributed by atoms with Gasteiger partial charge in [0.2, 0.25) is 0 Å². The Morgan fingerprint density at radius 2 is 2.28 bits per heavy atom. The minimum atomic E-state index is -0.809. The van der Waals surface area contributed by atoms with Crippen LogP contribution >= 0.6 is 11.3 Å². The van der Waals surface area contributed by atoms with Crippen LogP contribution in [0.2, 0.25) is 0 Å². The number of carboxylic acids is 1. The van der Waals surface area contributed by atoms with Crippen molar-refractivity contribution in [2.75, 3.05) is 0 Å². The van der Waals surface area contributed by atoms with Gasteiger partial charge in [0.05, 0.1) is 12.1 Å². The van der Waals surface area contributed by atoms with Crippen LogP contribution < -0.4 is 0 Å². The summed E-state index contributed by atoms with van der Waals surface area (Å²) in [6.45, 7) is 3.78. The normalized spacial score (nSPS) is 11.4. The van der Waals surface area contributed by atoms with Crippen LogP contribution in [0.1, 0.15) is 26.0 Å². The van der Waals surface area contributed by atoms with E-state index in [9.17, 15) is 4.79 Å². The van der Waals surface area contributed by atoms with Gasteiger partial charge in [-0.3, -0.25) is 9.78 Å². The van der Waals surface area contributed by atoms with Crippen LogP contribution in [0.25, 0.3) is 10.6 Å². The van der Waals surface area contributed by atoms with Crippen molar-refractivity contribution in [2.45, 2.75) is 25.7 Å². The second-order valence-electron chi connectivity index (χ2n) is 4.73. The molecule has 1 N–H and O–H groups in total. The summed E-state index contributed by atoms with van der Waals surface area (Å²) < 4.78 is 0. The first kappa shape index (κ1) is 12.7. The van der Waals surface area contributed by atoms with Crippen LogP contribution in [0.3, 0.4) is 0 Å². The molecule has 0 unspecified atom stereocenters. The summed E-state index contributed by atoms with van der Waals surface area (Å²) in [6, 6.07) is 3.80. The van der Waals surface area contributed by atoms with E-state index in [-0.39, 0.29) is 6.42 Å². The number of aromatic nitrogens is 2. The molecule has 0 saturated carbocycles. The lowest BCUT2D eigenvalue weighted by Crippen LogP contribution is -2.22. The molecule has 0 spiro atoms. The molecule has 18 heavy (non-hydrogen) atoms. The van der Waals surface area contributed by atoms with Crippen LogP contribution in [0, 0.1) is 0 Å². The third-order valence-electron chi connectivity index (χ3n) is 2.70. The molecular weight excluding hydrogens is 248 g/mol. The molecule has 0 radical (unpaired) electrons. The molecule has 0 fully saturated rings. The van der Waals surface area contributed by atoms with Crippen LogP contribution in [0.15, 0.2) is 29.9 Å². The third kappa shape index (κ3) is 2.73. The molecule has 2 aromatic heterocycles. The highest BCUT2D eigenvalue weighted by molar-refractivity contribution is 7.13. The van der Waals surface area contributed by atoms with Crippen LogP contribution in [0.4, 0.5) is 0 Å². The molecule has 2 heterocycles. The number of nitrogens with zero attached hydrogens (tertiary/aromatic N) is 2. The predicted molar refractivity (Wildman–Crippen MR) is 70.6 cm³/mol. The zero-order valence-corrected chi connectivity index (χ0v) is 11.1. The van der Waals surface area contributed by atoms with E-state index >= 15 is 0 Å². The number of thiazole rings is 1. The summed E-state index contributed by atoms with van der Waals surface area (Å²) in [5.41, 5.74) is 1.32. The maximum atomic E-state index is 10.8. The average Bonchev–Trinajstić information content (AvgIpc) is 2.78. The number of aliphatic carboxylic acids is 1. The SMILES string of the molecule is CC(C)(CC(=O)O)c1csc(-c2cccnc2)n1. The minimum Gasteiger partial charge on any atom is -0.481 e. The highest BCUT2D eigenvalue weighted by Crippen LogP contribution is 2.31. The first-order chi connectivity index (χ1) is 8.49. The van der Waals surface area contributed by atoms with E-state index in [4.69, 9.17) is 5.11 Å². The van der Waals surface area contributed by atoms with E-state index < -0.39 is 11.4 Å². The van der Waals surface area contributed by atoms with E-state index in [2.05, 4.69) is 9.97 Å². The molecule has 0 aliphatic rings. The number of pyridine rings is 1. The Balaban J connectivity index is 2.28. The molecule has 4 nitrogen and oxygen atoms in total. The Morgan fingerprint density at radius 3 is 2.89 bits per heavy atom. The number of hydrogen-bond donors (Lipinski definition) is 1. The quantitative estimate of drug-likeness (QED) is 0.920. The van der Waals surface area contributed by atoms with Crippen molar-refractivity contribution in [1.82, 2.24) is 9.97 Å². The van der Waals surface area contributed by atoms with Gasteiger partial charge in [-0.15, -0.1) is 11.3 Å². The van der Waals surface area contributed by atoms with Gasteiger partial charge in [0.1, 0.15) is 5.01 Å². The van der Waals surface area contributed by atoms with Crippen molar-refractivity contribution >= 4 is 17.3 Å². The zero-order chi connectivity index (χ0) is 13.2. The highest BCUT2D eigenvalue weighted by atomic mass is 32.1. The fraction of sp³-hybridized carbons (Fsp3) is 0.308. The standard InChI is InChI=1S/C13H14N2O2S/c1-13(2,6-11(16)17)10-8-18-12(15-10)9-4-3-5-14-7-9/h3-5,7-8H,6H2,1-2H3,(H,16,17). The van der Waals surface area contributed by atoms with Crippen molar-refractivity contribution in [3.05, 3.63) is 35.6 Å². The van der Waals surface area contributed by atoms with Gasteiger partial charge in [-0.25, -0.2) is 4.98 Å². The summed E-state index contributed by atoms with van der Waals surface area (Å²) >= 11 is 1.51. The Morgan fingerprint density at radius 1 is 1.50 bits per heavy atom. The van der Waals surface area contributed by atoms with Gasteiger partial charge >= 0.3 is 5.97 Å². The van der Waals surface area contributed by atoms with E-state index in [0.29, 0.717) is 0 Å². The molecule has 0 aliphatic heterocycles. The monoisotopic (exact) mass is 262 g/mol. The van der Waals surface area contributed by atoms with Gasteiger partial charge in [-0.1, -0.05) is 13.8 Å². The smallest absolute Gasteiger partial charge is 0.304 e. The molecule has 2 aromatic rings. The maximum absolute atomic E-state index is 10.8. The molecule has 0 saturated heterocycles. The van der Waals surface area contributed by atoms with Crippen LogP contribution in [0.5, 0.6) is 0 Å². The van der Waals surface area contributed by atoms with Gasteiger partial charge < -0.3 is 5.11 Å². The second-order valence-corrected chi connectivity index (χ2v) is 5.59. The van der Waals surface area contributed by atoms with Gasteiger partial charge in [-0.2, -0.15) is 0 Å².